The van der Waals surface area contributed by atoms with Gasteiger partial charge in [-0.25, -0.2) is 0 Å². The number of carbonyl (C=O) groups is 1. The molecule has 0 aliphatic carbocycles. The average molecular weight is 386 g/mol. The summed E-state index contributed by atoms with van der Waals surface area (Å²) >= 11 is 3.39. The van der Waals surface area contributed by atoms with Crippen LogP contribution in [0, 0.1) is 0 Å². The molecule has 122 valence electrons. The lowest BCUT2D eigenvalue weighted by Crippen LogP contribution is -2.30. The summed E-state index contributed by atoms with van der Waals surface area (Å²) in [6, 6.07) is 11.0. The molecule has 1 amide bonds. The van der Waals surface area contributed by atoms with Crippen LogP contribution in [0.1, 0.15) is 22.3 Å². The van der Waals surface area contributed by atoms with Gasteiger partial charge in [-0.2, -0.15) is 0 Å². The van der Waals surface area contributed by atoms with Gasteiger partial charge in [0.15, 0.2) is 0 Å². The summed E-state index contributed by atoms with van der Waals surface area (Å²) in [4.78, 5) is 31.1. The summed E-state index contributed by atoms with van der Waals surface area (Å²) in [5, 5.41) is 3.61. The van der Waals surface area contributed by atoms with Crippen molar-refractivity contribution in [3.8, 4) is 0 Å². The average Bonchev–Trinajstić information content (AvgIpc) is 2.59. The Morgan fingerprint density at radius 1 is 1.25 bits per heavy atom. The molecule has 0 aliphatic heterocycles. The van der Waals surface area contributed by atoms with Gasteiger partial charge in [-0.15, -0.1) is 0 Å². The van der Waals surface area contributed by atoms with Crippen molar-refractivity contribution in [2.24, 2.45) is 0 Å². The number of hydrogen-bond donors (Lipinski definition) is 2. The number of rotatable bonds is 5. The third-order valence-electron chi connectivity index (χ3n) is 3.70. The molecule has 0 aliphatic rings. The Kier molecular flexibility index (Phi) is 5.05. The highest BCUT2D eigenvalue weighted by Crippen LogP contribution is 2.17. The van der Waals surface area contributed by atoms with Crippen molar-refractivity contribution in [2.45, 2.75) is 12.8 Å². The number of amides is 1. The number of nitrogens with zero attached hydrogens (tertiary/aromatic N) is 1. The van der Waals surface area contributed by atoms with Crippen LogP contribution in [0.15, 0.2) is 58.1 Å². The largest absolute Gasteiger partial charge is 0.352 e. The molecule has 0 atom stereocenters. The van der Waals surface area contributed by atoms with Gasteiger partial charge in [0.2, 0.25) is 0 Å². The van der Waals surface area contributed by atoms with Crippen molar-refractivity contribution in [3.05, 3.63) is 74.7 Å². The van der Waals surface area contributed by atoms with E-state index in [1.807, 2.05) is 30.5 Å². The topological polar surface area (TPSA) is 74.8 Å². The van der Waals surface area contributed by atoms with Gasteiger partial charge < -0.3 is 10.3 Å². The molecule has 0 saturated carbocycles. The number of H-pyrrole nitrogens is 1. The Hall–Kier alpha value is -2.47. The van der Waals surface area contributed by atoms with E-state index >= 15 is 0 Å². The van der Waals surface area contributed by atoms with Crippen molar-refractivity contribution in [1.29, 1.82) is 0 Å². The number of aryl methyl sites for hydroxylation is 1. The molecule has 5 nitrogen and oxygen atoms in total. The number of nitrogens with one attached hydrogen (secondary N) is 2. The highest BCUT2D eigenvalue weighted by atomic mass is 79.9. The Bertz CT molecular complexity index is 922. The van der Waals surface area contributed by atoms with Crippen molar-refractivity contribution >= 4 is 32.7 Å². The fraction of sp³-hybridized carbons (Fsp3) is 0.167. The van der Waals surface area contributed by atoms with Crippen LogP contribution in [-0.2, 0) is 6.42 Å². The third kappa shape index (κ3) is 3.89. The standard InChI is InChI=1S/C18H16BrN3O2/c19-14-5-6-16-13(9-14)10-15(18(24)22-16)17(23)21-8-2-4-12-3-1-7-20-11-12/h1,3,5-7,9-11H,2,4,8H2,(H,21,23)(H,22,24). The van der Waals surface area contributed by atoms with E-state index in [0.29, 0.717) is 12.1 Å². The molecular weight excluding hydrogens is 370 g/mol. The van der Waals surface area contributed by atoms with Crippen LogP contribution >= 0.6 is 15.9 Å². The molecule has 6 heteroatoms. The van der Waals surface area contributed by atoms with E-state index in [2.05, 4.69) is 31.2 Å². The molecule has 2 heterocycles. The lowest BCUT2D eigenvalue weighted by Gasteiger charge is -2.06. The molecule has 0 bridgehead atoms. The molecule has 0 fully saturated rings. The van der Waals surface area contributed by atoms with E-state index in [4.69, 9.17) is 0 Å². The van der Waals surface area contributed by atoms with Crippen molar-refractivity contribution in [2.75, 3.05) is 6.54 Å². The Morgan fingerprint density at radius 2 is 2.12 bits per heavy atom. The van der Waals surface area contributed by atoms with Crippen LogP contribution in [0.4, 0.5) is 0 Å². The maximum Gasteiger partial charge on any atom is 0.261 e. The summed E-state index contributed by atoms with van der Waals surface area (Å²) < 4.78 is 0.893. The molecule has 0 spiro atoms. The Morgan fingerprint density at radius 3 is 2.92 bits per heavy atom. The first-order chi connectivity index (χ1) is 11.6. The van der Waals surface area contributed by atoms with Crippen molar-refractivity contribution in [3.63, 3.8) is 0 Å². The van der Waals surface area contributed by atoms with Gasteiger partial charge in [-0.1, -0.05) is 22.0 Å². The molecule has 3 rings (SSSR count). The summed E-state index contributed by atoms with van der Waals surface area (Å²) in [6.07, 6.45) is 5.16. The van der Waals surface area contributed by atoms with Gasteiger partial charge in [0.1, 0.15) is 5.56 Å². The maximum absolute atomic E-state index is 12.3. The van der Waals surface area contributed by atoms with Gasteiger partial charge in [0, 0.05) is 34.3 Å². The molecule has 2 aromatic heterocycles. The van der Waals surface area contributed by atoms with Crippen LogP contribution < -0.4 is 10.9 Å². The maximum atomic E-state index is 12.3. The van der Waals surface area contributed by atoms with E-state index in [1.54, 1.807) is 18.3 Å². The zero-order valence-electron chi connectivity index (χ0n) is 12.9. The molecule has 3 aromatic rings. The van der Waals surface area contributed by atoms with Gasteiger partial charge in [-0.05, 0) is 48.7 Å². The van der Waals surface area contributed by atoms with E-state index < -0.39 is 0 Å². The minimum absolute atomic E-state index is 0.127. The summed E-state index contributed by atoms with van der Waals surface area (Å²) in [7, 11) is 0. The minimum atomic E-state index is -0.380. The minimum Gasteiger partial charge on any atom is -0.352 e. The normalized spacial score (nSPS) is 10.7. The number of pyridine rings is 2. The number of carbonyl (C=O) groups excluding carboxylic acids is 1. The van der Waals surface area contributed by atoms with Crippen LogP contribution in [0.3, 0.4) is 0 Å². The predicted molar refractivity (Wildman–Crippen MR) is 97.2 cm³/mol. The third-order valence-corrected chi connectivity index (χ3v) is 4.19. The lowest BCUT2D eigenvalue weighted by molar-refractivity contribution is 0.0952. The SMILES string of the molecule is O=C(NCCCc1cccnc1)c1cc2cc(Br)ccc2[nH]c1=O. The first-order valence-electron chi connectivity index (χ1n) is 7.63. The molecule has 24 heavy (non-hydrogen) atoms. The highest BCUT2D eigenvalue weighted by Gasteiger charge is 2.11. The quantitative estimate of drug-likeness (QED) is 0.662. The fourth-order valence-corrected chi connectivity index (χ4v) is 2.86. The second-order valence-electron chi connectivity index (χ2n) is 5.46. The van der Waals surface area contributed by atoms with Gasteiger partial charge >= 0.3 is 0 Å². The lowest BCUT2D eigenvalue weighted by atomic mass is 10.1. The summed E-state index contributed by atoms with van der Waals surface area (Å²) in [5.74, 6) is -0.357. The molecular formula is C18H16BrN3O2. The van der Waals surface area contributed by atoms with Crippen molar-refractivity contribution < 1.29 is 4.79 Å². The number of hydrogen-bond acceptors (Lipinski definition) is 3. The molecule has 2 N–H and O–H groups in total. The number of fused-ring (bicyclic) bond motifs is 1. The first-order valence-corrected chi connectivity index (χ1v) is 8.42. The summed E-state index contributed by atoms with van der Waals surface area (Å²) in [6.45, 7) is 0.504. The summed E-state index contributed by atoms with van der Waals surface area (Å²) in [5.41, 5.74) is 1.58. The number of aromatic amines is 1. The van der Waals surface area contributed by atoms with Gasteiger partial charge in [0.05, 0.1) is 0 Å². The second kappa shape index (κ2) is 7.40. The number of aromatic nitrogens is 2. The van der Waals surface area contributed by atoms with Crippen molar-refractivity contribution in [1.82, 2.24) is 15.3 Å². The van der Waals surface area contributed by atoms with E-state index in [9.17, 15) is 9.59 Å². The predicted octanol–water partition coefficient (Wildman–Crippen LogP) is 3.05. The van der Waals surface area contributed by atoms with E-state index in [-0.39, 0.29) is 17.0 Å². The highest BCUT2D eigenvalue weighted by molar-refractivity contribution is 9.10. The smallest absolute Gasteiger partial charge is 0.261 e. The Balaban J connectivity index is 1.65. The van der Waals surface area contributed by atoms with Gasteiger partial charge in [-0.3, -0.25) is 14.6 Å². The number of benzene rings is 1. The zero-order chi connectivity index (χ0) is 16.9. The molecule has 0 radical (unpaired) electrons. The van der Waals surface area contributed by atoms with Gasteiger partial charge in [0.25, 0.3) is 11.5 Å². The van der Waals surface area contributed by atoms with E-state index in [1.165, 1.54) is 0 Å². The molecule has 0 unspecified atom stereocenters. The molecule has 1 aromatic carbocycles. The molecule has 0 saturated heterocycles. The monoisotopic (exact) mass is 385 g/mol. The van der Waals surface area contributed by atoms with Crippen LogP contribution in [-0.4, -0.2) is 22.4 Å². The fourth-order valence-electron chi connectivity index (χ4n) is 2.48. The number of halogens is 1. The van der Waals surface area contributed by atoms with Crippen LogP contribution in [0.5, 0.6) is 0 Å². The zero-order valence-corrected chi connectivity index (χ0v) is 14.5. The first kappa shape index (κ1) is 16.4. The van der Waals surface area contributed by atoms with E-state index in [0.717, 1.165) is 28.3 Å². The second-order valence-corrected chi connectivity index (χ2v) is 6.38. The Labute approximate surface area is 147 Å². The van der Waals surface area contributed by atoms with Crippen LogP contribution in [0.2, 0.25) is 0 Å². The van der Waals surface area contributed by atoms with Crippen LogP contribution in [0.25, 0.3) is 10.9 Å².